The van der Waals surface area contributed by atoms with Crippen molar-refractivity contribution in [2.24, 2.45) is 0 Å². The maximum atomic E-state index is 11.2. The van der Waals surface area contributed by atoms with Crippen LogP contribution in [-0.4, -0.2) is 17.6 Å². The molecule has 0 aromatic heterocycles. The summed E-state index contributed by atoms with van der Waals surface area (Å²) in [5, 5.41) is 12.3. The highest BCUT2D eigenvalue weighted by molar-refractivity contribution is 5.97. The number of carboxylic acids is 1. The molecule has 0 bridgehead atoms. The average Bonchev–Trinajstić information content (AvgIpc) is 2.46. The van der Waals surface area contributed by atoms with Crippen molar-refractivity contribution < 1.29 is 9.90 Å². The third-order valence-electron chi connectivity index (χ3n) is 3.28. The maximum absolute atomic E-state index is 11.2. The summed E-state index contributed by atoms with van der Waals surface area (Å²) in [6, 6.07) is 15.0. The number of anilines is 2. The molecule has 0 spiro atoms. The van der Waals surface area contributed by atoms with Gasteiger partial charge in [0.05, 0.1) is 16.9 Å². The van der Waals surface area contributed by atoms with Gasteiger partial charge in [-0.2, -0.15) is 0 Å². The predicted molar refractivity (Wildman–Crippen MR) is 81.2 cm³/mol. The van der Waals surface area contributed by atoms with E-state index in [1.165, 1.54) is 5.56 Å². The number of nitrogens with two attached hydrogens (primary N) is 1. The van der Waals surface area contributed by atoms with E-state index in [-0.39, 0.29) is 11.5 Å². The number of carboxylic acid groups (broad SMARTS) is 1. The Morgan fingerprint density at radius 2 is 1.90 bits per heavy atom. The van der Waals surface area contributed by atoms with E-state index in [1.807, 2.05) is 18.2 Å². The fourth-order valence-electron chi connectivity index (χ4n) is 2.10. The van der Waals surface area contributed by atoms with Gasteiger partial charge in [-0.1, -0.05) is 43.3 Å². The second-order valence-corrected chi connectivity index (χ2v) is 4.77. The first-order chi connectivity index (χ1) is 9.59. The number of hydrogen-bond acceptors (Lipinski definition) is 3. The number of para-hydroxylation sites is 1. The number of rotatable bonds is 5. The van der Waals surface area contributed by atoms with Crippen molar-refractivity contribution in [3.05, 3.63) is 59.7 Å². The lowest BCUT2D eigenvalue weighted by Gasteiger charge is -2.16. The van der Waals surface area contributed by atoms with Crippen molar-refractivity contribution in [2.75, 3.05) is 17.6 Å². The van der Waals surface area contributed by atoms with Crippen LogP contribution in [0.4, 0.5) is 11.4 Å². The summed E-state index contributed by atoms with van der Waals surface area (Å²) in [5.74, 6) is -0.718. The Labute approximate surface area is 118 Å². The molecule has 0 radical (unpaired) electrons. The van der Waals surface area contributed by atoms with Gasteiger partial charge in [0.1, 0.15) is 0 Å². The quantitative estimate of drug-likeness (QED) is 0.729. The zero-order valence-electron chi connectivity index (χ0n) is 11.3. The highest BCUT2D eigenvalue weighted by Crippen LogP contribution is 2.25. The maximum Gasteiger partial charge on any atom is 0.337 e. The van der Waals surface area contributed by atoms with Gasteiger partial charge in [-0.05, 0) is 23.6 Å². The Morgan fingerprint density at radius 1 is 1.20 bits per heavy atom. The highest BCUT2D eigenvalue weighted by atomic mass is 16.4. The van der Waals surface area contributed by atoms with Crippen LogP contribution in [0.3, 0.4) is 0 Å². The Bertz CT molecular complexity index is 597. The van der Waals surface area contributed by atoms with Crippen LogP contribution in [0.25, 0.3) is 0 Å². The Balaban J connectivity index is 2.13. The number of benzene rings is 2. The topological polar surface area (TPSA) is 75.3 Å². The minimum Gasteiger partial charge on any atom is -0.478 e. The highest BCUT2D eigenvalue weighted by Gasteiger charge is 2.13. The largest absolute Gasteiger partial charge is 0.478 e. The average molecular weight is 270 g/mol. The fraction of sp³-hybridized carbons (Fsp3) is 0.188. The SMILES string of the molecule is CC(CNc1c(N)cccc1C(=O)O)c1ccccc1. The van der Waals surface area contributed by atoms with E-state index >= 15 is 0 Å². The van der Waals surface area contributed by atoms with Crippen LogP contribution in [0.15, 0.2) is 48.5 Å². The standard InChI is InChI=1S/C16H18N2O2/c1-11(12-6-3-2-4-7-12)10-18-15-13(16(19)20)8-5-9-14(15)17/h2-9,11,18H,10,17H2,1H3,(H,19,20). The van der Waals surface area contributed by atoms with Gasteiger partial charge < -0.3 is 16.2 Å². The summed E-state index contributed by atoms with van der Waals surface area (Å²) in [4.78, 5) is 11.2. The van der Waals surface area contributed by atoms with E-state index in [4.69, 9.17) is 5.73 Å². The molecular formula is C16H18N2O2. The molecule has 0 aliphatic rings. The van der Waals surface area contributed by atoms with Gasteiger partial charge >= 0.3 is 5.97 Å². The van der Waals surface area contributed by atoms with E-state index in [0.717, 1.165) is 0 Å². The number of aromatic carboxylic acids is 1. The Kier molecular flexibility index (Phi) is 4.25. The second kappa shape index (κ2) is 6.10. The van der Waals surface area contributed by atoms with Gasteiger partial charge in [0.25, 0.3) is 0 Å². The lowest BCUT2D eigenvalue weighted by molar-refractivity contribution is 0.0698. The molecule has 2 aromatic rings. The first-order valence-corrected chi connectivity index (χ1v) is 6.50. The van der Waals surface area contributed by atoms with E-state index in [0.29, 0.717) is 17.9 Å². The van der Waals surface area contributed by atoms with Crippen LogP contribution in [0.5, 0.6) is 0 Å². The van der Waals surface area contributed by atoms with Gasteiger partial charge in [0.15, 0.2) is 0 Å². The molecule has 1 unspecified atom stereocenters. The second-order valence-electron chi connectivity index (χ2n) is 4.77. The van der Waals surface area contributed by atoms with Crippen molar-refractivity contribution in [2.45, 2.75) is 12.8 Å². The molecule has 2 rings (SSSR count). The third-order valence-corrected chi connectivity index (χ3v) is 3.28. The first kappa shape index (κ1) is 13.9. The molecular weight excluding hydrogens is 252 g/mol. The van der Waals surface area contributed by atoms with Crippen LogP contribution in [0.2, 0.25) is 0 Å². The van der Waals surface area contributed by atoms with Crippen molar-refractivity contribution in [1.29, 1.82) is 0 Å². The van der Waals surface area contributed by atoms with Gasteiger partial charge in [-0.15, -0.1) is 0 Å². The van der Waals surface area contributed by atoms with Crippen LogP contribution >= 0.6 is 0 Å². The van der Waals surface area contributed by atoms with Crippen LogP contribution < -0.4 is 11.1 Å². The molecule has 104 valence electrons. The summed E-state index contributed by atoms with van der Waals surface area (Å²) in [6.45, 7) is 2.71. The van der Waals surface area contributed by atoms with Crippen molar-refractivity contribution in [3.8, 4) is 0 Å². The number of nitrogen functional groups attached to an aromatic ring is 1. The van der Waals surface area contributed by atoms with Crippen LogP contribution in [0, 0.1) is 0 Å². The van der Waals surface area contributed by atoms with Gasteiger partial charge in [-0.3, -0.25) is 0 Å². The van der Waals surface area contributed by atoms with E-state index in [1.54, 1.807) is 18.2 Å². The summed E-state index contributed by atoms with van der Waals surface area (Å²) < 4.78 is 0. The van der Waals surface area contributed by atoms with Gasteiger partial charge in [0.2, 0.25) is 0 Å². The van der Waals surface area contributed by atoms with E-state index in [9.17, 15) is 9.90 Å². The molecule has 2 aromatic carbocycles. The normalized spacial score (nSPS) is 11.8. The molecule has 4 N–H and O–H groups in total. The summed E-state index contributed by atoms with van der Waals surface area (Å²) in [6.07, 6.45) is 0. The fourth-order valence-corrected chi connectivity index (χ4v) is 2.10. The van der Waals surface area contributed by atoms with Crippen molar-refractivity contribution in [3.63, 3.8) is 0 Å². The van der Waals surface area contributed by atoms with Crippen molar-refractivity contribution in [1.82, 2.24) is 0 Å². The molecule has 4 nitrogen and oxygen atoms in total. The van der Waals surface area contributed by atoms with E-state index in [2.05, 4.69) is 24.4 Å². The molecule has 0 aliphatic heterocycles. The molecule has 0 heterocycles. The Hall–Kier alpha value is -2.49. The monoisotopic (exact) mass is 270 g/mol. The van der Waals surface area contributed by atoms with Crippen LogP contribution in [0.1, 0.15) is 28.8 Å². The molecule has 0 fully saturated rings. The van der Waals surface area contributed by atoms with Gasteiger partial charge in [0, 0.05) is 6.54 Å². The molecule has 20 heavy (non-hydrogen) atoms. The summed E-state index contributed by atoms with van der Waals surface area (Å²) >= 11 is 0. The molecule has 0 saturated carbocycles. The molecule has 0 aliphatic carbocycles. The van der Waals surface area contributed by atoms with Gasteiger partial charge in [-0.25, -0.2) is 4.79 Å². The lowest BCUT2D eigenvalue weighted by Crippen LogP contribution is -2.14. The first-order valence-electron chi connectivity index (χ1n) is 6.50. The minimum atomic E-state index is -0.979. The zero-order valence-corrected chi connectivity index (χ0v) is 11.3. The lowest BCUT2D eigenvalue weighted by atomic mass is 10.0. The Morgan fingerprint density at radius 3 is 2.55 bits per heavy atom. The minimum absolute atomic E-state index is 0.199. The molecule has 0 amide bonds. The van der Waals surface area contributed by atoms with E-state index < -0.39 is 5.97 Å². The summed E-state index contributed by atoms with van der Waals surface area (Å²) in [7, 11) is 0. The number of hydrogen-bond donors (Lipinski definition) is 3. The molecule has 0 saturated heterocycles. The van der Waals surface area contributed by atoms with Crippen molar-refractivity contribution >= 4 is 17.3 Å². The summed E-state index contributed by atoms with van der Waals surface area (Å²) in [5.41, 5.74) is 8.20. The third kappa shape index (κ3) is 3.09. The molecule has 1 atom stereocenters. The number of nitrogens with one attached hydrogen (secondary N) is 1. The van der Waals surface area contributed by atoms with Crippen LogP contribution in [-0.2, 0) is 0 Å². The smallest absolute Gasteiger partial charge is 0.337 e. The zero-order chi connectivity index (χ0) is 14.5. The molecule has 4 heteroatoms. The number of carbonyl (C=O) groups is 1. The predicted octanol–water partition coefficient (Wildman–Crippen LogP) is 3.18.